The highest BCUT2D eigenvalue weighted by molar-refractivity contribution is 7.92. The van der Waals surface area contributed by atoms with E-state index in [0.717, 1.165) is 11.5 Å². The molecule has 0 radical (unpaired) electrons. The van der Waals surface area contributed by atoms with Crippen LogP contribution in [0.3, 0.4) is 0 Å². The molecule has 0 saturated carbocycles. The fourth-order valence-electron chi connectivity index (χ4n) is 6.18. The SMILES string of the molecule is Cc1cc(C2=NC3(CCN(S(=O)(=O)C=Cc4c(C)cc(C(=O)N5CCC(O)(CF)CC5)cc4C)CC3)C(=O)N2)ccc1OC(F)(F)F. The van der Waals surface area contributed by atoms with Gasteiger partial charge in [0.15, 0.2) is 0 Å². The molecule has 2 saturated heterocycles. The number of hydrogen-bond acceptors (Lipinski definition) is 7. The Balaban J connectivity index is 1.24. The smallest absolute Gasteiger partial charge is 0.406 e. The first-order chi connectivity index (χ1) is 21.9. The van der Waals surface area contributed by atoms with Gasteiger partial charge in [0.1, 0.15) is 23.8 Å². The first-order valence-corrected chi connectivity index (χ1v) is 16.6. The molecular formula is C32H36F4N4O6S. The number of likely N-dealkylation sites (tertiary alicyclic amines) is 1. The van der Waals surface area contributed by atoms with Crippen molar-refractivity contribution in [2.24, 2.45) is 4.99 Å². The third-order valence-electron chi connectivity index (χ3n) is 9.04. The molecule has 0 unspecified atom stereocenters. The van der Waals surface area contributed by atoms with Crippen molar-refractivity contribution in [3.8, 4) is 5.75 Å². The van der Waals surface area contributed by atoms with Crippen molar-refractivity contribution >= 4 is 33.7 Å². The van der Waals surface area contributed by atoms with E-state index < -0.39 is 40.1 Å². The lowest BCUT2D eigenvalue weighted by Gasteiger charge is -2.36. The first kappa shape index (κ1) is 34.5. The van der Waals surface area contributed by atoms with E-state index in [2.05, 4.69) is 15.0 Å². The number of rotatable bonds is 7. The number of benzene rings is 2. The summed E-state index contributed by atoms with van der Waals surface area (Å²) in [5.41, 5.74) is 0.433. The Bertz CT molecular complexity index is 1720. The van der Waals surface area contributed by atoms with Crippen LogP contribution in [0.4, 0.5) is 17.6 Å². The Morgan fingerprint density at radius 1 is 1.02 bits per heavy atom. The Labute approximate surface area is 270 Å². The number of alkyl halides is 4. The maximum absolute atomic E-state index is 13.3. The lowest BCUT2D eigenvalue weighted by Crippen LogP contribution is -2.50. The number of amidine groups is 1. The van der Waals surface area contributed by atoms with Gasteiger partial charge < -0.3 is 20.1 Å². The molecule has 5 rings (SSSR count). The molecule has 2 fully saturated rings. The van der Waals surface area contributed by atoms with Gasteiger partial charge in [-0.15, -0.1) is 13.2 Å². The molecule has 3 aliphatic heterocycles. The highest BCUT2D eigenvalue weighted by Gasteiger charge is 2.47. The fraction of sp³-hybridized carbons (Fsp3) is 0.469. The summed E-state index contributed by atoms with van der Waals surface area (Å²) in [6, 6.07) is 7.30. The van der Waals surface area contributed by atoms with Crippen LogP contribution in [0.15, 0.2) is 40.7 Å². The van der Waals surface area contributed by atoms with Gasteiger partial charge in [-0.2, -0.15) is 4.31 Å². The topological polar surface area (TPSA) is 129 Å². The molecule has 47 heavy (non-hydrogen) atoms. The monoisotopic (exact) mass is 680 g/mol. The highest BCUT2D eigenvalue weighted by Crippen LogP contribution is 2.34. The van der Waals surface area contributed by atoms with Crippen LogP contribution in [-0.2, 0) is 14.8 Å². The van der Waals surface area contributed by atoms with Gasteiger partial charge in [-0.25, -0.2) is 12.8 Å². The van der Waals surface area contributed by atoms with Crippen molar-refractivity contribution < 1.29 is 45.4 Å². The van der Waals surface area contributed by atoms with Crippen molar-refractivity contribution in [3.63, 3.8) is 0 Å². The molecule has 2 amide bonds. The maximum atomic E-state index is 13.3. The van der Waals surface area contributed by atoms with E-state index in [-0.39, 0.29) is 74.9 Å². The molecule has 2 aromatic rings. The number of aliphatic imine (C=N–C) groups is 1. The Morgan fingerprint density at radius 3 is 2.19 bits per heavy atom. The molecule has 0 aromatic heterocycles. The van der Waals surface area contributed by atoms with Crippen LogP contribution in [0.1, 0.15) is 63.9 Å². The highest BCUT2D eigenvalue weighted by atomic mass is 32.2. The van der Waals surface area contributed by atoms with Crippen molar-refractivity contribution in [2.45, 2.75) is 64.0 Å². The van der Waals surface area contributed by atoms with Gasteiger partial charge in [-0.3, -0.25) is 14.6 Å². The van der Waals surface area contributed by atoms with Crippen molar-refractivity contribution in [2.75, 3.05) is 32.9 Å². The lowest BCUT2D eigenvalue weighted by atomic mass is 9.89. The second-order valence-electron chi connectivity index (χ2n) is 12.4. The zero-order valence-electron chi connectivity index (χ0n) is 26.2. The molecule has 15 heteroatoms. The predicted molar refractivity (Wildman–Crippen MR) is 166 cm³/mol. The molecule has 3 aliphatic rings. The Morgan fingerprint density at radius 2 is 1.64 bits per heavy atom. The summed E-state index contributed by atoms with van der Waals surface area (Å²) in [7, 11) is -3.89. The molecule has 0 aliphatic carbocycles. The zero-order valence-corrected chi connectivity index (χ0v) is 27.0. The molecule has 10 nitrogen and oxygen atoms in total. The summed E-state index contributed by atoms with van der Waals surface area (Å²) in [5.74, 6) is -0.819. The second kappa shape index (κ2) is 12.7. The van der Waals surface area contributed by atoms with Gasteiger partial charge in [-0.05, 0) is 105 Å². The van der Waals surface area contributed by atoms with Crippen molar-refractivity contribution in [3.05, 3.63) is 69.1 Å². The minimum atomic E-state index is -4.84. The summed E-state index contributed by atoms with van der Waals surface area (Å²) in [6.07, 6.45) is -2.84. The quantitative estimate of drug-likeness (QED) is 0.423. The molecule has 2 N–H and O–H groups in total. The number of ether oxygens (including phenoxy) is 1. The molecule has 2 aromatic carbocycles. The summed E-state index contributed by atoms with van der Waals surface area (Å²) < 4.78 is 82.9. The number of carbonyl (C=O) groups excluding carboxylic acids is 2. The average molecular weight is 681 g/mol. The number of halogens is 4. The molecule has 254 valence electrons. The third-order valence-corrected chi connectivity index (χ3v) is 10.6. The van der Waals surface area contributed by atoms with Crippen LogP contribution in [-0.4, -0.2) is 90.7 Å². The third kappa shape index (κ3) is 7.36. The number of sulfonamides is 1. The minimum Gasteiger partial charge on any atom is -0.406 e. The molecule has 0 atom stereocenters. The molecule has 3 heterocycles. The summed E-state index contributed by atoms with van der Waals surface area (Å²) in [6.45, 7) is 4.63. The van der Waals surface area contributed by atoms with Crippen LogP contribution in [0.5, 0.6) is 5.75 Å². The lowest BCUT2D eigenvalue weighted by molar-refractivity contribution is -0.274. The predicted octanol–water partition coefficient (Wildman–Crippen LogP) is 4.16. The Kier molecular flexibility index (Phi) is 9.29. The number of nitrogens with one attached hydrogen (secondary N) is 1. The number of piperidine rings is 2. The van der Waals surface area contributed by atoms with E-state index >= 15 is 0 Å². The van der Waals surface area contributed by atoms with E-state index in [1.165, 1.54) is 29.4 Å². The number of hydrogen-bond donors (Lipinski definition) is 2. The van der Waals surface area contributed by atoms with Gasteiger partial charge in [-0.1, -0.05) is 0 Å². The normalized spacial score (nSPS) is 20.0. The van der Waals surface area contributed by atoms with Gasteiger partial charge in [0.2, 0.25) is 10.0 Å². The fourth-order valence-corrected chi connectivity index (χ4v) is 7.35. The number of nitrogens with zero attached hydrogens (tertiary/aromatic N) is 3. The molecule has 1 spiro atoms. The van der Waals surface area contributed by atoms with E-state index in [1.54, 1.807) is 30.9 Å². The van der Waals surface area contributed by atoms with Gasteiger partial charge in [0.05, 0.1) is 5.60 Å². The van der Waals surface area contributed by atoms with E-state index in [1.807, 2.05) is 0 Å². The van der Waals surface area contributed by atoms with Gasteiger partial charge in [0.25, 0.3) is 11.8 Å². The first-order valence-electron chi connectivity index (χ1n) is 15.1. The summed E-state index contributed by atoms with van der Waals surface area (Å²) in [4.78, 5) is 32.2. The second-order valence-corrected chi connectivity index (χ2v) is 14.2. The summed E-state index contributed by atoms with van der Waals surface area (Å²) in [5, 5.41) is 13.9. The number of aliphatic hydroxyl groups is 1. The van der Waals surface area contributed by atoms with Crippen molar-refractivity contribution in [1.29, 1.82) is 0 Å². The molecule has 0 bridgehead atoms. The van der Waals surface area contributed by atoms with E-state index in [9.17, 15) is 40.7 Å². The van der Waals surface area contributed by atoms with Gasteiger partial charge >= 0.3 is 6.36 Å². The number of amides is 2. The minimum absolute atomic E-state index is 0.0209. The van der Waals surface area contributed by atoms with E-state index in [4.69, 9.17) is 0 Å². The van der Waals surface area contributed by atoms with E-state index in [0.29, 0.717) is 27.8 Å². The van der Waals surface area contributed by atoms with Crippen LogP contribution in [0, 0.1) is 20.8 Å². The maximum Gasteiger partial charge on any atom is 0.573 e. The number of carbonyl (C=O) groups is 2. The molecular weight excluding hydrogens is 644 g/mol. The van der Waals surface area contributed by atoms with Crippen LogP contribution >= 0.6 is 0 Å². The van der Waals surface area contributed by atoms with Crippen LogP contribution in [0.25, 0.3) is 6.08 Å². The standard InChI is InChI=1S/C32H36F4N4O6S/c1-20-16-24(28(41)39-11-7-30(43,19-33)8-12-39)17-21(2)25(20)6-15-47(44,45)40-13-9-31(10-14-40)29(42)37-27(38-31)23-4-5-26(22(3)18-23)46-32(34,35)36/h4-6,15-18,43H,7-14,19H2,1-3H3,(H,37,38,42). The number of aryl methyl sites for hydroxylation is 3. The van der Waals surface area contributed by atoms with Crippen molar-refractivity contribution in [1.82, 2.24) is 14.5 Å². The average Bonchev–Trinajstić information content (AvgIpc) is 3.32. The Hall–Kier alpha value is -3.82. The van der Waals surface area contributed by atoms with Crippen LogP contribution in [0.2, 0.25) is 0 Å². The zero-order chi connectivity index (χ0) is 34.4. The summed E-state index contributed by atoms with van der Waals surface area (Å²) >= 11 is 0. The van der Waals surface area contributed by atoms with Crippen LogP contribution < -0.4 is 10.1 Å². The van der Waals surface area contributed by atoms with Gasteiger partial charge in [0, 0.05) is 42.7 Å². The largest absolute Gasteiger partial charge is 0.573 e.